The van der Waals surface area contributed by atoms with E-state index in [-0.39, 0.29) is 0 Å². The number of aromatic nitrogens is 2. The smallest absolute Gasteiger partial charge is 0.154 e. The molecule has 4 rings (SSSR count). The molecule has 0 aliphatic carbocycles. The van der Waals surface area contributed by atoms with Crippen molar-refractivity contribution in [3.63, 3.8) is 0 Å². The fourth-order valence-electron chi connectivity index (χ4n) is 2.70. The number of benzene rings is 1. The number of rotatable bonds is 1. The topological polar surface area (TPSA) is 81.0 Å². The van der Waals surface area contributed by atoms with E-state index < -0.39 is 0 Å². The van der Waals surface area contributed by atoms with E-state index in [1.807, 2.05) is 26.0 Å². The molecule has 21 heavy (non-hydrogen) atoms. The average molecular weight is 302 g/mol. The predicted octanol–water partition coefficient (Wildman–Crippen LogP) is 4.42. The molecule has 5 nitrogen and oxygen atoms in total. The first-order valence-corrected chi connectivity index (χ1v) is 6.85. The number of aromatic amines is 1. The van der Waals surface area contributed by atoms with Crippen LogP contribution in [0.4, 0.5) is 5.82 Å². The highest BCUT2D eigenvalue weighted by atomic mass is 35.5. The molecule has 106 valence electrons. The summed E-state index contributed by atoms with van der Waals surface area (Å²) in [5.74, 6) is 1.99. The van der Waals surface area contributed by atoms with Crippen molar-refractivity contribution in [2.75, 3.05) is 5.73 Å². The first-order chi connectivity index (χ1) is 10.0. The molecule has 0 saturated carbocycles. The second-order valence-electron chi connectivity index (χ2n) is 5.10. The molecule has 0 spiro atoms. The number of nitrogen functional groups attached to an aromatic ring is 1. The largest absolute Gasteiger partial charge is 0.461 e. The minimum Gasteiger partial charge on any atom is -0.461 e. The molecule has 0 fully saturated rings. The number of hydrogen-bond donors (Lipinski definition) is 2. The molecule has 0 amide bonds. The van der Waals surface area contributed by atoms with Gasteiger partial charge in [0.2, 0.25) is 0 Å². The highest BCUT2D eigenvalue weighted by Gasteiger charge is 2.21. The van der Waals surface area contributed by atoms with E-state index in [9.17, 15) is 0 Å². The van der Waals surface area contributed by atoms with E-state index in [2.05, 4.69) is 10.2 Å². The zero-order valence-corrected chi connectivity index (χ0v) is 12.2. The van der Waals surface area contributed by atoms with Crippen molar-refractivity contribution in [3.8, 4) is 11.3 Å². The second kappa shape index (κ2) is 4.05. The van der Waals surface area contributed by atoms with Crippen molar-refractivity contribution in [2.45, 2.75) is 13.8 Å². The Morgan fingerprint density at radius 1 is 1.05 bits per heavy atom. The van der Waals surface area contributed by atoms with Gasteiger partial charge in [0.25, 0.3) is 0 Å². The summed E-state index contributed by atoms with van der Waals surface area (Å²) in [6, 6.07) is 5.60. The van der Waals surface area contributed by atoms with Crippen LogP contribution < -0.4 is 5.73 Å². The molecule has 0 bridgehead atoms. The van der Waals surface area contributed by atoms with Crippen molar-refractivity contribution in [2.24, 2.45) is 0 Å². The van der Waals surface area contributed by atoms with Crippen LogP contribution >= 0.6 is 11.6 Å². The molecule has 3 N–H and O–H groups in total. The van der Waals surface area contributed by atoms with Crippen molar-refractivity contribution in [1.29, 1.82) is 0 Å². The Kier molecular flexibility index (Phi) is 2.38. The van der Waals surface area contributed by atoms with Gasteiger partial charge in [-0.15, -0.1) is 0 Å². The van der Waals surface area contributed by atoms with Crippen molar-refractivity contribution in [1.82, 2.24) is 10.2 Å². The summed E-state index contributed by atoms with van der Waals surface area (Å²) in [5.41, 5.74) is 8.70. The van der Waals surface area contributed by atoms with Gasteiger partial charge >= 0.3 is 0 Å². The van der Waals surface area contributed by atoms with Crippen LogP contribution in [-0.2, 0) is 0 Å². The molecule has 3 heterocycles. The van der Waals surface area contributed by atoms with Crippen LogP contribution in [0.15, 0.2) is 27.0 Å². The highest BCUT2D eigenvalue weighted by Crippen LogP contribution is 2.43. The lowest BCUT2D eigenvalue weighted by Gasteiger charge is -2.03. The van der Waals surface area contributed by atoms with E-state index >= 15 is 0 Å². The van der Waals surface area contributed by atoms with E-state index in [0.29, 0.717) is 22.0 Å². The Balaban J connectivity index is 2.25. The summed E-state index contributed by atoms with van der Waals surface area (Å²) in [6.07, 6.45) is 0. The van der Waals surface area contributed by atoms with E-state index in [0.717, 1.165) is 33.6 Å². The standard InChI is InChI=1S/C15H12ClN3O2/c1-6-3-8-12(10-5-11(17)19-18-10)14-9(4-7(2)20-14)13(16)15(8)21-6/h3-5H,1-2H3,(H3,17,18,19). The third-order valence-electron chi connectivity index (χ3n) is 3.51. The molecule has 3 aromatic heterocycles. The third kappa shape index (κ3) is 1.67. The van der Waals surface area contributed by atoms with Gasteiger partial charge in [-0.1, -0.05) is 11.6 Å². The Hall–Kier alpha value is -2.40. The first kappa shape index (κ1) is 12.3. The Morgan fingerprint density at radius 3 is 2.38 bits per heavy atom. The minimum absolute atomic E-state index is 0.421. The van der Waals surface area contributed by atoms with Gasteiger partial charge in [0, 0.05) is 16.8 Å². The van der Waals surface area contributed by atoms with Gasteiger partial charge in [0.1, 0.15) is 22.9 Å². The van der Waals surface area contributed by atoms with Gasteiger partial charge < -0.3 is 14.6 Å². The Labute approximate surface area is 124 Å². The van der Waals surface area contributed by atoms with Crippen LogP contribution in [0.25, 0.3) is 33.2 Å². The highest BCUT2D eigenvalue weighted by molar-refractivity contribution is 6.41. The number of furan rings is 2. The van der Waals surface area contributed by atoms with Crippen molar-refractivity contribution in [3.05, 3.63) is 34.7 Å². The van der Waals surface area contributed by atoms with Gasteiger partial charge in [0.05, 0.1) is 16.3 Å². The van der Waals surface area contributed by atoms with Gasteiger partial charge in [-0.05, 0) is 26.0 Å². The molecule has 0 atom stereocenters. The van der Waals surface area contributed by atoms with Crippen molar-refractivity contribution >= 4 is 39.4 Å². The van der Waals surface area contributed by atoms with Gasteiger partial charge in [-0.2, -0.15) is 5.10 Å². The number of H-pyrrole nitrogens is 1. The molecule has 0 unspecified atom stereocenters. The number of nitrogens with zero attached hydrogens (tertiary/aromatic N) is 1. The maximum atomic E-state index is 6.46. The number of nitrogens with one attached hydrogen (secondary N) is 1. The lowest BCUT2D eigenvalue weighted by molar-refractivity contribution is 0.576. The Bertz CT molecular complexity index is 936. The molecule has 1 aromatic carbocycles. The fourth-order valence-corrected chi connectivity index (χ4v) is 2.98. The third-order valence-corrected chi connectivity index (χ3v) is 3.89. The van der Waals surface area contributed by atoms with E-state index in [1.54, 1.807) is 6.07 Å². The van der Waals surface area contributed by atoms with Crippen LogP contribution in [0, 0.1) is 13.8 Å². The number of nitrogens with two attached hydrogens (primary N) is 1. The molecular formula is C15H12ClN3O2. The normalized spacial score (nSPS) is 11.8. The lowest BCUT2D eigenvalue weighted by atomic mass is 10.0. The van der Waals surface area contributed by atoms with Gasteiger partial charge in [-0.25, -0.2) is 0 Å². The van der Waals surface area contributed by atoms with Crippen LogP contribution in [-0.4, -0.2) is 10.2 Å². The molecule has 0 aliphatic heterocycles. The zero-order chi connectivity index (χ0) is 14.7. The molecule has 4 aromatic rings. The van der Waals surface area contributed by atoms with Gasteiger partial charge in [0.15, 0.2) is 5.58 Å². The van der Waals surface area contributed by atoms with Crippen LogP contribution in [0.3, 0.4) is 0 Å². The first-order valence-electron chi connectivity index (χ1n) is 6.47. The van der Waals surface area contributed by atoms with Crippen LogP contribution in [0.1, 0.15) is 11.5 Å². The summed E-state index contributed by atoms with van der Waals surface area (Å²) < 4.78 is 11.6. The number of hydrogen-bond acceptors (Lipinski definition) is 4. The van der Waals surface area contributed by atoms with Crippen molar-refractivity contribution < 1.29 is 8.83 Å². The quantitative estimate of drug-likeness (QED) is 0.545. The minimum atomic E-state index is 0.421. The Morgan fingerprint density at radius 2 is 1.71 bits per heavy atom. The predicted molar refractivity (Wildman–Crippen MR) is 82.5 cm³/mol. The number of fused-ring (bicyclic) bond motifs is 2. The lowest BCUT2D eigenvalue weighted by Crippen LogP contribution is -1.82. The average Bonchev–Trinajstić information content (AvgIpc) is 3.09. The monoisotopic (exact) mass is 301 g/mol. The van der Waals surface area contributed by atoms with Crippen LogP contribution in [0.5, 0.6) is 0 Å². The zero-order valence-electron chi connectivity index (χ0n) is 11.5. The number of aryl methyl sites for hydroxylation is 2. The molecular weight excluding hydrogens is 290 g/mol. The van der Waals surface area contributed by atoms with Gasteiger partial charge in [-0.3, -0.25) is 5.10 Å². The van der Waals surface area contributed by atoms with Crippen LogP contribution in [0.2, 0.25) is 5.02 Å². The summed E-state index contributed by atoms with van der Waals surface area (Å²) in [4.78, 5) is 0. The van der Waals surface area contributed by atoms with E-state index in [4.69, 9.17) is 26.2 Å². The summed E-state index contributed by atoms with van der Waals surface area (Å²) in [7, 11) is 0. The number of halogens is 1. The molecule has 0 aliphatic rings. The van der Waals surface area contributed by atoms with E-state index in [1.165, 1.54) is 0 Å². The maximum absolute atomic E-state index is 6.46. The second-order valence-corrected chi connectivity index (χ2v) is 5.47. The summed E-state index contributed by atoms with van der Waals surface area (Å²) in [5, 5.41) is 9.17. The maximum Gasteiger partial charge on any atom is 0.154 e. The molecule has 6 heteroatoms. The summed E-state index contributed by atoms with van der Waals surface area (Å²) >= 11 is 6.46. The SMILES string of the molecule is Cc1cc2c(-c3cc(N)n[nH]3)c3oc(C)cc3c(Cl)c2o1. The molecule has 0 saturated heterocycles. The molecule has 0 radical (unpaired) electrons. The fraction of sp³-hybridized carbons (Fsp3) is 0.133. The number of anilines is 1. The summed E-state index contributed by atoms with van der Waals surface area (Å²) in [6.45, 7) is 3.77.